The second-order valence-electron chi connectivity index (χ2n) is 7.82. The Balaban J connectivity index is 1.98. The normalized spacial score (nSPS) is 12.1. The van der Waals surface area contributed by atoms with Gasteiger partial charge in [0.1, 0.15) is 5.75 Å². The summed E-state index contributed by atoms with van der Waals surface area (Å²) in [7, 11) is 1.62. The molecule has 0 bridgehead atoms. The van der Waals surface area contributed by atoms with Gasteiger partial charge in [0.25, 0.3) is 0 Å². The number of carbonyl (C=O) groups excluding carboxylic acids is 1. The number of aromatic nitrogens is 2. The minimum atomic E-state index is -0.704. The number of nitrogens with one attached hydrogen (secondary N) is 1. The van der Waals surface area contributed by atoms with Crippen LogP contribution in [-0.4, -0.2) is 23.2 Å². The fourth-order valence-corrected chi connectivity index (χ4v) is 2.96. The van der Waals surface area contributed by atoms with Gasteiger partial charge in [-0.25, -0.2) is 0 Å². The maximum absolute atomic E-state index is 12.4. The Morgan fingerprint density at radius 2 is 1.96 bits per heavy atom. The van der Waals surface area contributed by atoms with Crippen molar-refractivity contribution in [2.75, 3.05) is 7.11 Å². The number of rotatable bonds is 6. The molecule has 0 aliphatic carbocycles. The van der Waals surface area contributed by atoms with Gasteiger partial charge in [-0.15, -0.1) is 0 Å². The molecule has 0 unspecified atom stereocenters. The van der Waals surface area contributed by atoms with E-state index >= 15 is 0 Å². The number of nitrogens with zero attached hydrogens (tertiary/aromatic N) is 2. The molecule has 0 saturated carbocycles. The van der Waals surface area contributed by atoms with Crippen molar-refractivity contribution in [3.05, 3.63) is 40.0 Å². The zero-order chi connectivity index (χ0) is 19.5. The quantitative estimate of drug-likeness (QED) is 0.755. The summed E-state index contributed by atoms with van der Waals surface area (Å²) in [5.74, 6) is 1.73. The highest BCUT2D eigenvalue weighted by Crippen LogP contribution is 2.26. The predicted octanol–water partition coefficient (Wildman–Crippen LogP) is 4.12. The predicted molar refractivity (Wildman–Crippen MR) is 103 cm³/mol. The van der Waals surface area contributed by atoms with Crippen molar-refractivity contribution in [3.63, 3.8) is 0 Å². The lowest BCUT2D eigenvalue weighted by Gasteiger charge is -2.22. The molecule has 0 fully saturated rings. The fraction of sp³-hybridized carbons (Fsp3) is 0.526. The van der Waals surface area contributed by atoms with E-state index < -0.39 is 5.54 Å². The molecule has 0 aliphatic heterocycles. The van der Waals surface area contributed by atoms with Gasteiger partial charge in [0.05, 0.1) is 17.1 Å². The monoisotopic (exact) mass is 423 g/mol. The van der Waals surface area contributed by atoms with E-state index in [0.717, 1.165) is 15.8 Å². The lowest BCUT2D eigenvalue weighted by atomic mass is 9.97. The summed E-state index contributed by atoms with van der Waals surface area (Å²) in [4.78, 5) is 16.8. The topological polar surface area (TPSA) is 77.2 Å². The van der Waals surface area contributed by atoms with Crippen molar-refractivity contribution in [2.45, 2.75) is 58.4 Å². The van der Waals surface area contributed by atoms with E-state index in [-0.39, 0.29) is 11.3 Å². The Kier molecular flexibility index (Phi) is 6.11. The van der Waals surface area contributed by atoms with Crippen LogP contribution in [0.5, 0.6) is 5.75 Å². The van der Waals surface area contributed by atoms with Gasteiger partial charge in [0.15, 0.2) is 5.82 Å². The minimum Gasteiger partial charge on any atom is -0.496 e. The Hall–Kier alpha value is -1.89. The largest absolute Gasteiger partial charge is 0.496 e. The van der Waals surface area contributed by atoms with Gasteiger partial charge in [-0.3, -0.25) is 4.79 Å². The number of ether oxygens (including phenoxy) is 1. The first-order chi connectivity index (χ1) is 12.0. The lowest BCUT2D eigenvalue weighted by molar-refractivity contribution is -0.122. The highest BCUT2D eigenvalue weighted by Gasteiger charge is 2.31. The highest BCUT2D eigenvalue weighted by molar-refractivity contribution is 9.10. The van der Waals surface area contributed by atoms with Crippen LogP contribution in [0.4, 0.5) is 0 Å². The maximum Gasteiger partial charge on any atom is 0.232 e. The third-order valence-electron chi connectivity index (χ3n) is 3.94. The van der Waals surface area contributed by atoms with Crippen LogP contribution >= 0.6 is 15.9 Å². The van der Waals surface area contributed by atoms with Crippen LogP contribution in [0.2, 0.25) is 0 Å². The van der Waals surface area contributed by atoms with E-state index in [0.29, 0.717) is 24.6 Å². The molecule has 2 rings (SSSR count). The third-order valence-corrected chi connectivity index (χ3v) is 4.56. The Bertz CT molecular complexity index is 779. The van der Waals surface area contributed by atoms with E-state index in [4.69, 9.17) is 9.26 Å². The maximum atomic E-state index is 12.4. The van der Waals surface area contributed by atoms with Gasteiger partial charge in [-0.05, 0) is 53.9 Å². The van der Waals surface area contributed by atoms with E-state index in [1.807, 2.05) is 52.8 Å². The highest BCUT2D eigenvalue weighted by atomic mass is 79.9. The van der Waals surface area contributed by atoms with Crippen LogP contribution in [0.1, 0.15) is 58.3 Å². The lowest BCUT2D eigenvalue weighted by Crippen LogP contribution is -2.42. The smallest absolute Gasteiger partial charge is 0.232 e. The number of aryl methyl sites for hydroxylation is 1. The summed E-state index contributed by atoms with van der Waals surface area (Å²) in [6.45, 7) is 9.74. The van der Waals surface area contributed by atoms with E-state index in [1.54, 1.807) is 7.11 Å². The Morgan fingerprint density at radius 1 is 1.27 bits per heavy atom. The standard InChI is InChI=1S/C19H26BrN3O3/c1-18(2,3)17-21-16(23-26-17)19(4,5)22-15(24)10-8-12-7-9-14(25-6)13(20)11-12/h7,9,11H,8,10H2,1-6H3,(H,22,24). The van der Waals surface area contributed by atoms with Gasteiger partial charge < -0.3 is 14.6 Å². The number of hydrogen-bond donors (Lipinski definition) is 1. The molecule has 0 spiro atoms. The summed E-state index contributed by atoms with van der Waals surface area (Å²) in [6, 6.07) is 5.80. The number of halogens is 1. The van der Waals surface area contributed by atoms with Crippen molar-refractivity contribution >= 4 is 21.8 Å². The molecule has 1 aromatic carbocycles. The van der Waals surface area contributed by atoms with E-state index in [1.165, 1.54) is 0 Å². The number of methoxy groups -OCH3 is 1. The van der Waals surface area contributed by atoms with Crippen molar-refractivity contribution in [2.24, 2.45) is 0 Å². The molecule has 26 heavy (non-hydrogen) atoms. The number of carbonyl (C=O) groups is 1. The molecule has 0 radical (unpaired) electrons. The SMILES string of the molecule is COc1ccc(CCC(=O)NC(C)(C)c2noc(C(C)(C)C)n2)cc1Br. The van der Waals surface area contributed by atoms with Gasteiger partial charge >= 0.3 is 0 Å². The van der Waals surface area contributed by atoms with Gasteiger partial charge in [0.2, 0.25) is 11.8 Å². The van der Waals surface area contributed by atoms with Crippen LogP contribution < -0.4 is 10.1 Å². The van der Waals surface area contributed by atoms with Crippen LogP contribution in [0, 0.1) is 0 Å². The van der Waals surface area contributed by atoms with E-state index in [2.05, 4.69) is 31.4 Å². The summed E-state index contributed by atoms with van der Waals surface area (Å²) in [6.07, 6.45) is 0.996. The first-order valence-corrected chi connectivity index (χ1v) is 9.30. The molecular formula is C19H26BrN3O3. The van der Waals surface area contributed by atoms with Crippen LogP contribution in [-0.2, 0) is 22.2 Å². The summed E-state index contributed by atoms with van der Waals surface area (Å²) in [5, 5.41) is 7.02. The van der Waals surface area contributed by atoms with Gasteiger partial charge in [0, 0.05) is 11.8 Å². The molecule has 1 aromatic heterocycles. The molecule has 1 amide bonds. The van der Waals surface area contributed by atoms with Crippen molar-refractivity contribution < 1.29 is 14.1 Å². The average Bonchev–Trinajstić information content (AvgIpc) is 3.04. The molecule has 1 heterocycles. The minimum absolute atomic E-state index is 0.0657. The first-order valence-electron chi connectivity index (χ1n) is 8.51. The second-order valence-corrected chi connectivity index (χ2v) is 8.67. The summed E-state index contributed by atoms with van der Waals surface area (Å²) < 4.78 is 11.4. The van der Waals surface area contributed by atoms with Crippen molar-refractivity contribution in [1.82, 2.24) is 15.5 Å². The fourth-order valence-electron chi connectivity index (χ4n) is 2.37. The van der Waals surface area contributed by atoms with E-state index in [9.17, 15) is 4.79 Å². The van der Waals surface area contributed by atoms with Crippen LogP contribution in [0.3, 0.4) is 0 Å². The number of hydrogen-bond acceptors (Lipinski definition) is 5. The second kappa shape index (κ2) is 7.78. The summed E-state index contributed by atoms with van der Waals surface area (Å²) >= 11 is 3.46. The first kappa shape index (κ1) is 20.4. The summed E-state index contributed by atoms with van der Waals surface area (Å²) in [5.41, 5.74) is 0.123. The van der Waals surface area contributed by atoms with Crippen LogP contribution in [0.15, 0.2) is 27.2 Å². The number of amides is 1. The Morgan fingerprint density at radius 3 is 2.50 bits per heavy atom. The molecule has 7 heteroatoms. The molecular weight excluding hydrogens is 398 g/mol. The van der Waals surface area contributed by atoms with Gasteiger partial charge in [-0.1, -0.05) is 32.0 Å². The molecule has 6 nitrogen and oxygen atoms in total. The zero-order valence-corrected chi connectivity index (χ0v) is 17.7. The third kappa shape index (κ3) is 5.06. The van der Waals surface area contributed by atoms with Gasteiger partial charge in [-0.2, -0.15) is 4.98 Å². The number of benzene rings is 1. The van der Waals surface area contributed by atoms with Crippen LogP contribution in [0.25, 0.3) is 0 Å². The molecule has 0 saturated heterocycles. The molecule has 1 N–H and O–H groups in total. The van der Waals surface area contributed by atoms with Crippen molar-refractivity contribution in [1.29, 1.82) is 0 Å². The average molecular weight is 424 g/mol. The van der Waals surface area contributed by atoms with Crippen molar-refractivity contribution in [3.8, 4) is 5.75 Å². The molecule has 0 atom stereocenters. The zero-order valence-electron chi connectivity index (χ0n) is 16.1. The molecule has 0 aliphatic rings. The molecule has 142 valence electrons. The molecule has 2 aromatic rings. The Labute approximate surface area is 162 Å².